The van der Waals surface area contributed by atoms with Gasteiger partial charge < -0.3 is 10.1 Å². The van der Waals surface area contributed by atoms with Gasteiger partial charge in [0.25, 0.3) is 11.8 Å². The molecule has 0 bridgehead atoms. The van der Waals surface area contributed by atoms with Gasteiger partial charge in [-0.2, -0.15) is 13.2 Å². The van der Waals surface area contributed by atoms with E-state index in [1.54, 1.807) is 12.1 Å². The third kappa shape index (κ3) is 4.49. The number of morpholine rings is 1. The van der Waals surface area contributed by atoms with Gasteiger partial charge in [-0.15, -0.1) is 0 Å². The van der Waals surface area contributed by atoms with E-state index >= 15 is 0 Å². The predicted octanol–water partition coefficient (Wildman–Crippen LogP) is 3.08. The fraction of sp³-hybridized carbons (Fsp3) is 0.375. The van der Waals surface area contributed by atoms with E-state index in [2.05, 4.69) is 15.3 Å². The number of alkyl halides is 3. The minimum Gasteiger partial charge on any atom is -0.378 e. The Morgan fingerprint density at radius 1 is 1.17 bits per heavy atom. The Morgan fingerprint density at radius 3 is 2.42 bits per heavy atom. The van der Waals surface area contributed by atoms with Gasteiger partial charge in [0.15, 0.2) is 5.82 Å². The molecule has 190 valence electrons. The minimum atomic E-state index is -5.24. The van der Waals surface area contributed by atoms with Crippen LogP contribution >= 0.6 is 0 Å². The van der Waals surface area contributed by atoms with E-state index in [1.165, 1.54) is 12.3 Å². The summed E-state index contributed by atoms with van der Waals surface area (Å²) in [4.78, 5) is 47.3. The number of benzene rings is 1. The van der Waals surface area contributed by atoms with Gasteiger partial charge >= 0.3 is 12.2 Å². The first-order chi connectivity index (χ1) is 16.9. The molecule has 0 spiro atoms. The Balaban J connectivity index is 1.66. The van der Waals surface area contributed by atoms with E-state index < -0.39 is 35.4 Å². The number of hydrogen-bond acceptors (Lipinski definition) is 7. The predicted molar refractivity (Wildman–Crippen MR) is 123 cm³/mol. The maximum absolute atomic E-state index is 14.2. The van der Waals surface area contributed by atoms with Gasteiger partial charge in [0, 0.05) is 12.6 Å². The number of urea groups is 1. The summed E-state index contributed by atoms with van der Waals surface area (Å²) in [7, 11) is 0. The number of ether oxygens (including phenoxy) is 1. The van der Waals surface area contributed by atoms with Gasteiger partial charge in [-0.1, -0.05) is 29.3 Å². The van der Waals surface area contributed by atoms with E-state index in [1.807, 2.05) is 19.9 Å². The molecule has 36 heavy (non-hydrogen) atoms. The summed E-state index contributed by atoms with van der Waals surface area (Å²) in [5, 5.41) is 3.15. The average Bonchev–Trinajstić information content (AvgIpc) is 3.03. The SMILES string of the molecule is Cc1cc(C)cc(/C=C/C(=O)N2C(=O)N(c3cnc(C4COCCN4)cn3)C(=O)C2(C)C(F)(F)F)c1. The van der Waals surface area contributed by atoms with Crippen molar-refractivity contribution in [2.24, 2.45) is 0 Å². The zero-order valence-electron chi connectivity index (χ0n) is 19.8. The lowest BCUT2D eigenvalue weighted by Gasteiger charge is -2.31. The summed E-state index contributed by atoms with van der Waals surface area (Å²) in [6, 6.07) is 3.60. The fourth-order valence-electron chi connectivity index (χ4n) is 4.19. The van der Waals surface area contributed by atoms with E-state index in [9.17, 15) is 27.6 Å². The zero-order chi connectivity index (χ0) is 26.3. The molecule has 1 N–H and O–H groups in total. The van der Waals surface area contributed by atoms with Gasteiger partial charge in [0.1, 0.15) is 0 Å². The number of aryl methyl sites for hydroxylation is 2. The molecule has 2 aliphatic rings. The van der Waals surface area contributed by atoms with Crippen molar-refractivity contribution in [1.29, 1.82) is 0 Å². The molecular formula is C24H24F3N5O4. The molecule has 3 heterocycles. The molecule has 2 saturated heterocycles. The molecule has 0 saturated carbocycles. The van der Waals surface area contributed by atoms with Crippen molar-refractivity contribution in [3.05, 3.63) is 59.1 Å². The molecule has 4 rings (SSSR count). The van der Waals surface area contributed by atoms with Crippen LogP contribution in [0.3, 0.4) is 0 Å². The van der Waals surface area contributed by atoms with Crippen LogP contribution in [0.4, 0.5) is 23.8 Å². The second-order valence-electron chi connectivity index (χ2n) is 8.80. The minimum absolute atomic E-state index is 0.0827. The maximum atomic E-state index is 14.2. The normalized spacial score (nSPS) is 23.1. The lowest BCUT2D eigenvalue weighted by Crippen LogP contribution is -2.59. The van der Waals surface area contributed by atoms with Gasteiger partial charge in [-0.05, 0) is 32.4 Å². The molecule has 2 unspecified atom stereocenters. The smallest absolute Gasteiger partial charge is 0.378 e. The van der Waals surface area contributed by atoms with Gasteiger partial charge in [0.05, 0.1) is 37.3 Å². The van der Waals surface area contributed by atoms with E-state index in [4.69, 9.17) is 4.74 Å². The highest BCUT2D eigenvalue weighted by Gasteiger charge is 2.71. The Labute approximate surface area is 204 Å². The van der Waals surface area contributed by atoms with Crippen LogP contribution in [0.5, 0.6) is 0 Å². The number of halogens is 3. The number of anilines is 1. The molecule has 2 aliphatic heterocycles. The standard InChI is InChI=1S/C24H24F3N5O4/c1-14-8-15(2)10-16(9-14)4-5-20(33)32-22(35)31(21(34)23(32,3)24(25,26)27)19-12-29-17(11-30-19)18-13-36-7-6-28-18/h4-5,8-12,18,28H,6-7,13H2,1-3H3/b5-4+. The van der Waals surface area contributed by atoms with Gasteiger partial charge in [-0.3, -0.25) is 14.6 Å². The first kappa shape index (κ1) is 25.5. The third-order valence-electron chi connectivity index (χ3n) is 6.05. The molecule has 2 fully saturated rings. The van der Waals surface area contributed by atoms with Crippen LogP contribution in [-0.2, 0) is 14.3 Å². The molecule has 1 aromatic carbocycles. The van der Waals surface area contributed by atoms with E-state index in [0.29, 0.717) is 37.9 Å². The molecule has 0 aliphatic carbocycles. The van der Waals surface area contributed by atoms with Gasteiger partial charge in [-0.25, -0.2) is 19.6 Å². The Kier molecular flexibility index (Phi) is 6.67. The highest BCUT2D eigenvalue weighted by Crippen LogP contribution is 2.43. The number of amides is 4. The van der Waals surface area contributed by atoms with Crippen molar-refractivity contribution in [3.63, 3.8) is 0 Å². The van der Waals surface area contributed by atoms with Gasteiger partial charge in [0.2, 0.25) is 5.54 Å². The van der Waals surface area contributed by atoms with E-state index in [0.717, 1.165) is 23.4 Å². The number of nitrogens with one attached hydrogen (secondary N) is 1. The molecule has 2 atom stereocenters. The molecule has 0 radical (unpaired) electrons. The molecule has 2 aromatic rings. The second kappa shape index (κ2) is 9.43. The number of aromatic nitrogens is 2. The topological polar surface area (TPSA) is 105 Å². The molecular weight excluding hydrogens is 479 g/mol. The van der Waals surface area contributed by atoms with Crippen molar-refractivity contribution in [1.82, 2.24) is 20.2 Å². The van der Waals surface area contributed by atoms with Crippen molar-refractivity contribution >= 4 is 29.7 Å². The van der Waals surface area contributed by atoms with Crippen LogP contribution in [-0.4, -0.2) is 64.2 Å². The summed E-state index contributed by atoms with van der Waals surface area (Å²) < 4.78 is 47.9. The van der Waals surface area contributed by atoms with Crippen molar-refractivity contribution < 1.29 is 32.3 Å². The quantitative estimate of drug-likeness (QED) is 0.505. The Bertz CT molecular complexity index is 1200. The van der Waals surface area contributed by atoms with Crippen LogP contribution in [0, 0.1) is 13.8 Å². The molecule has 4 amide bonds. The Hall–Kier alpha value is -3.64. The maximum Gasteiger partial charge on any atom is 0.421 e. The fourth-order valence-corrected chi connectivity index (χ4v) is 4.19. The summed E-state index contributed by atoms with van der Waals surface area (Å²) in [6.07, 6.45) is -0.826. The lowest BCUT2D eigenvalue weighted by atomic mass is 9.99. The highest BCUT2D eigenvalue weighted by molar-refractivity contribution is 6.28. The summed E-state index contributed by atoms with van der Waals surface area (Å²) in [5.74, 6) is -3.35. The largest absolute Gasteiger partial charge is 0.421 e. The first-order valence-electron chi connectivity index (χ1n) is 11.1. The van der Waals surface area contributed by atoms with Crippen molar-refractivity contribution in [3.8, 4) is 0 Å². The van der Waals surface area contributed by atoms with E-state index in [-0.39, 0.29) is 15.8 Å². The number of hydrogen-bond donors (Lipinski definition) is 1. The zero-order valence-corrected chi connectivity index (χ0v) is 19.8. The van der Waals surface area contributed by atoms with Crippen LogP contribution < -0.4 is 10.2 Å². The van der Waals surface area contributed by atoms with Crippen LogP contribution in [0.1, 0.15) is 35.3 Å². The molecule has 9 nitrogen and oxygen atoms in total. The Morgan fingerprint density at radius 2 is 1.86 bits per heavy atom. The van der Waals surface area contributed by atoms with Crippen molar-refractivity contribution in [2.45, 2.75) is 38.5 Å². The number of imide groups is 2. The van der Waals surface area contributed by atoms with Crippen LogP contribution in [0.25, 0.3) is 6.08 Å². The number of nitrogens with zero attached hydrogens (tertiary/aromatic N) is 4. The van der Waals surface area contributed by atoms with Crippen molar-refractivity contribution in [2.75, 3.05) is 24.7 Å². The summed E-state index contributed by atoms with van der Waals surface area (Å²) >= 11 is 0. The monoisotopic (exact) mass is 503 g/mol. The summed E-state index contributed by atoms with van der Waals surface area (Å²) in [6.45, 7) is 5.58. The van der Waals surface area contributed by atoms with Crippen LogP contribution in [0.15, 0.2) is 36.7 Å². The third-order valence-corrected chi connectivity index (χ3v) is 6.05. The number of carbonyl (C=O) groups is 3. The first-order valence-corrected chi connectivity index (χ1v) is 11.1. The highest BCUT2D eigenvalue weighted by atomic mass is 19.4. The van der Waals surface area contributed by atoms with Crippen LogP contribution in [0.2, 0.25) is 0 Å². The average molecular weight is 503 g/mol. The second-order valence-corrected chi connectivity index (χ2v) is 8.80. The lowest BCUT2D eigenvalue weighted by molar-refractivity contribution is -0.209. The number of carbonyl (C=O) groups excluding carboxylic acids is 3. The summed E-state index contributed by atoms with van der Waals surface area (Å²) in [5.41, 5.74) is -0.657. The molecule has 1 aromatic heterocycles. The molecule has 12 heteroatoms. The number of rotatable bonds is 4.